The van der Waals surface area contributed by atoms with Gasteiger partial charge in [-0.15, -0.1) is 0 Å². The normalized spacial score (nSPS) is 13.1. The molecule has 0 aromatic carbocycles. The molecule has 0 saturated heterocycles. The van der Waals surface area contributed by atoms with Gasteiger partial charge in [0, 0.05) is 6.20 Å². The van der Waals surface area contributed by atoms with Crippen molar-refractivity contribution in [3.8, 4) is 0 Å². The quantitative estimate of drug-likeness (QED) is 0.844. The summed E-state index contributed by atoms with van der Waals surface area (Å²) >= 11 is 5.68. The van der Waals surface area contributed by atoms with E-state index in [1.165, 1.54) is 18.3 Å². The van der Waals surface area contributed by atoms with Gasteiger partial charge in [-0.2, -0.15) is 0 Å². The minimum absolute atomic E-state index is 0.0859. The second-order valence-electron chi connectivity index (χ2n) is 2.96. The molecule has 0 spiro atoms. The van der Waals surface area contributed by atoms with Crippen molar-refractivity contribution >= 4 is 33.4 Å². The molecule has 1 atom stereocenters. The molecule has 0 bridgehead atoms. The standard InChI is InChI=1S/C8H9ClN2O4S/c1-5(8(12)13)16(14,15)11-7-6(9)3-2-4-10-7/h2-5H,1H3,(H,10,11)(H,12,13). The SMILES string of the molecule is CC(C(=O)O)S(=O)(=O)Nc1ncccc1Cl. The van der Waals surface area contributed by atoms with Gasteiger partial charge in [-0.25, -0.2) is 13.4 Å². The number of pyridine rings is 1. The fourth-order valence-electron chi connectivity index (χ4n) is 0.817. The van der Waals surface area contributed by atoms with E-state index < -0.39 is 21.2 Å². The summed E-state index contributed by atoms with van der Waals surface area (Å²) in [6, 6.07) is 2.97. The third kappa shape index (κ3) is 2.83. The summed E-state index contributed by atoms with van der Waals surface area (Å²) in [5, 5.41) is 7.11. The smallest absolute Gasteiger partial charge is 0.323 e. The first kappa shape index (κ1) is 12.7. The van der Waals surface area contributed by atoms with E-state index in [9.17, 15) is 13.2 Å². The monoisotopic (exact) mass is 264 g/mol. The fraction of sp³-hybridized carbons (Fsp3) is 0.250. The molecule has 1 unspecified atom stereocenters. The first-order chi connectivity index (χ1) is 7.34. The van der Waals surface area contributed by atoms with Crippen LogP contribution in [0.2, 0.25) is 5.02 Å². The summed E-state index contributed by atoms with van der Waals surface area (Å²) in [7, 11) is -4.03. The molecule has 0 amide bonds. The number of halogens is 1. The lowest BCUT2D eigenvalue weighted by Gasteiger charge is -2.11. The Labute approximate surface area is 97.3 Å². The number of sulfonamides is 1. The van der Waals surface area contributed by atoms with Crippen LogP contribution in [0.3, 0.4) is 0 Å². The first-order valence-electron chi connectivity index (χ1n) is 4.19. The van der Waals surface area contributed by atoms with E-state index >= 15 is 0 Å². The number of nitrogens with one attached hydrogen (secondary N) is 1. The van der Waals surface area contributed by atoms with Crippen LogP contribution in [0.1, 0.15) is 6.92 Å². The molecule has 0 aliphatic carbocycles. The summed E-state index contributed by atoms with van der Waals surface area (Å²) in [5.41, 5.74) is 0. The van der Waals surface area contributed by atoms with Crippen molar-refractivity contribution in [1.29, 1.82) is 0 Å². The van der Waals surface area contributed by atoms with E-state index in [-0.39, 0.29) is 10.8 Å². The number of carbonyl (C=O) groups is 1. The molecular weight excluding hydrogens is 256 g/mol. The van der Waals surface area contributed by atoms with Gasteiger partial charge in [0.1, 0.15) is 0 Å². The Balaban J connectivity index is 2.98. The van der Waals surface area contributed by atoms with Gasteiger partial charge in [0.15, 0.2) is 11.1 Å². The number of carboxylic acid groups (broad SMARTS) is 1. The number of rotatable bonds is 4. The van der Waals surface area contributed by atoms with Crippen LogP contribution in [0, 0.1) is 0 Å². The zero-order valence-electron chi connectivity index (χ0n) is 8.21. The number of aliphatic carboxylic acids is 1. The summed E-state index contributed by atoms with van der Waals surface area (Å²) in [4.78, 5) is 14.2. The average molecular weight is 265 g/mol. The Kier molecular flexibility index (Phi) is 3.71. The van der Waals surface area contributed by atoms with Crippen molar-refractivity contribution in [2.75, 3.05) is 4.72 Å². The van der Waals surface area contributed by atoms with Gasteiger partial charge in [-0.3, -0.25) is 9.52 Å². The molecule has 1 rings (SSSR count). The second kappa shape index (κ2) is 4.67. The molecule has 0 saturated carbocycles. The van der Waals surface area contributed by atoms with Crippen LogP contribution in [-0.2, 0) is 14.8 Å². The van der Waals surface area contributed by atoms with Crippen molar-refractivity contribution < 1.29 is 18.3 Å². The molecule has 6 nitrogen and oxygen atoms in total. The number of carboxylic acids is 1. The third-order valence-electron chi connectivity index (χ3n) is 1.81. The molecule has 2 N–H and O–H groups in total. The Bertz CT molecular complexity index is 503. The lowest BCUT2D eigenvalue weighted by atomic mass is 10.5. The number of anilines is 1. The maximum Gasteiger partial charge on any atom is 0.323 e. The highest BCUT2D eigenvalue weighted by molar-refractivity contribution is 7.94. The maximum absolute atomic E-state index is 11.5. The Morgan fingerprint density at radius 2 is 2.25 bits per heavy atom. The second-order valence-corrected chi connectivity index (χ2v) is 5.37. The van der Waals surface area contributed by atoms with Crippen molar-refractivity contribution in [1.82, 2.24) is 4.98 Å². The van der Waals surface area contributed by atoms with Gasteiger partial charge in [-0.1, -0.05) is 11.6 Å². The number of nitrogens with zero attached hydrogens (tertiary/aromatic N) is 1. The fourth-order valence-corrected chi connectivity index (χ4v) is 1.92. The zero-order valence-corrected chi connectivity index (χ0v) is 9.79. The van der Waals surface area contributed by atoms with E-state index in [4.69, 9.17) is 16.7 Å². The van der Waals surface area contributed by atoms with Crippen LogP contribution >= 0.6 is 11.6 Å². The lowest BCUT2D eigenvalue weighted by Crippen LogP contribution is -2.32. The number of aromatic nitrogens is 1. The Hall–Kier alpha value is -1.34. The van der Waals surface area contributed by atoms with Gasteiger partial charge < -0.3 is 5.11 Å². The van der Waals surface area contributed by atoms with Crippen LogP contribution in [0.5, 0.6) is 0 Å². The van der Waals surface area contributed by atoms with Gasteiger partial charge >= 0.3 is 5.97 Å². The van der Waals surface area contributed by atoms with Crippen LogP contribution in [0.4, 0.5) is 5.82 Å². The van der Waals surface area contributed by atoms with Gasteiger partial charge in [-0.05, 0) is 19.1 Å². The van der Waals surface area contributed by atoms with E-state index in [0.29, 0.717) is 0 Å². The van der Waals surface area contributed by atoms with E-state index in [1.54, 1.807) is 0 Å². The van der Waals surface area contributed by atoms with Gasteiger partial charge in [0.2, 0.25) is 10.0 Å². The van der Waals surface area contributed by atoms with E-state index in [2.05, 4.69) is 4.98 Å². The Morgan fingerprint density at radius 3 is 2.75 bits per heavy atom. The van der Waals surface area contributed by atoms with Crippen molar-refractivity contribution in [2.24, 2.45) is 0 Å². The molecule has 0 radical (unpaired) electrons. The topological polar surface area (TPSA) is 96.4 Å². The van der Waals surface area contributed by atoms with Crippen LogP contribution in [0.25, 0.3) is 0 Å². The molecule has 0 fully saturated rings. The van der Waals surface area contributed by atoms with Crippen LogP contribution in [-0.4, -0.2) is 29.7 Å². The summed E-state index contributed by atoms with van der Waals surface area (Å²) in [6.07, 6.45) is 1.34. The van der Waals surface area contributed by atoms with Crippen molar-refractivity contribution in [2.45, 2.75) is 12.2 Å². The van der Waals surface area contributed by atoms with Crippen LogP contribution in [0.15, 0.2) is 18.3 Å². The highest BCUT2D eigenvalue weighted by atomic mass is 35.5. The predicted octanol–water partition coefficient (Wildman–Crippen LogP) is 0.950. The summed E-state index contributed by atoms with van der Waals surface area (Å²) in [5.74, 6) is -1.53. The summed E-state index contributed by atoms with van der Waals surface area (Å²) in [6.45, 7) is 1.06. The molecule has 1 aromatic heterocycles. The predicted molar refractivity (Wildman–Crippen MR) is 58.9 cm³/mol. The lowest BCUT2D eigenvalue weighted by molar-refractivity contribution is -0.136. The van der Waals surface area contributed by atoms with Crippen LogP contribution < -0.4 is 4.72 Å². The van der Waals surface area contributed by atoms with Crippen molar-refractivity contribution in [3.63, 3.8) is 0 Å². The molecule has 0 aliphatic heterocycles. The molecule has 16 heavy (non-hydrogen) atoms. The minimum Gasteiger partial charge on any atom is -0.480 e. The molecular formula is C8H9ClN2O4S. The van der Waals surface area contributed by atoms with Crippen molar-refractivity contribution in [3.05, 3.63) is 23.4 Å². The highest BCUT2D eigenvalue weighted by Crippen LogP contribution is 2.19. The molecule has 1 aromatic rings. The maximum atomic E-state index is 11.5. The molecule has 88 valence electrons. The first-order valence-corrected chi connectivity index (χ1v) is 6.12. The largest absolute Gasteiger partial charge is 0.480 e. The minimum atomic E-state index is -4.03. The average Bonchev–Trinajstić information content (AvgIpc) is 2.20. The third-order valence-corrected chi connectivity index (χ3v) is 3.73. The molecule has 0 aliphatic rings. The number of hydrogen-bond acceptors (Lipinski definition) is 4. The molecule has 1 heterocycles. The van der Waals surface area contributed by atoms with Gasteiger partial charge in [0.25, 0.3) is 0 Å². The molecule has 8 heteroatoms. The number of hydrogen-bond donors (Lipinski definition) is 2. The van der Waals surface area contributed by atoms with E-state index in [1.807, 2.05) is 4.72 Å². The highest BCUT2D eigenvalue weighted by Gasteiger charge is 2.28. The summed E-state index contributed by atoms with van der Waals surface area (Å²) < 4.78 is 25.0. The Morgan fingerprint density at radius 1 is 1.62 bits per heavy atom. The van der Waals surface area contributed by atoms with Gasteiger partial charge in [0.05, 0.1) is 5.02 Å². The van der Waals surface area contributed by atoms with E-state index in [0.717, 1.165) is 6.92 Å². The zero-order chi connectivity index (χ0) is 12.3.